The molecule has 1 atom stereocenters. The van der Waals surface area contributed by atoms with E-state index in [0.29, 0.717) is 5.92 Å². The second kappa shape index (κ2) is 6.08. The van der Waals surface area contributed by atoms with E-state index in [1.54, 1.807) is 0 Å². The van der Waals surface area contributed by atoms with Crippen molar-refractivity contribution in [1.82, 2.24) is 10.4 Å². The third-order valence-electron chi connectivity index (χ3n) is 2.69. The van der Waals surface area contributed by atoms with Gasteiger partial charge in [-0.05, 0) is 25.2 Å². The molecule has 4 heteroatoms. The fourth-order valence-electron chi connectivity index (χ4n) is 1.86. The molecule has 0 spiro atoms. The lowest BCUT2D eigenvalue weighted by molar-refractivity contribution is -0.128. The summed E-state index contributed by atoms with van der Waals surface area (Å²) < 4.78 is 0. The molecule has 0 bridgehead atoms. The van der Waals surface area contributed by atoms with Gasteiger partial charge in [0.2, 0.25) is 0 Å². The maximum absolute atomic E-state index is 11.7. The minimum atomic E-state index is -0.369. The van der Waals surface area contributed by atoms with Crippen LogP contribution >= 0.6 is 0 Å². The van der Waals surface area contributed by atoms with E-state index in [4.69, 9.17) is 5.73 Å². The predicted octanol–water partition coefficient (Wildman–Crippen LogP) is 0.877. The molecule has 1 aliphatic rings. The summed E-state index contributed by atoms with van der Waals surface area (Å²) in [6, 6.07) is -0.369. The fourth-order valence-corrected chi connectivity index (χ4v) is 1.86. The minimum Gasteiger partial charge on any atom is -0.320 e. The minimum absolute atomic E-state index is 0.0365. The van der Waals surface area contributed by atoms with Gasteiger partial charge in [0, 0.05) is 13.1 Å². The molecule has 0 aromatic heterocycles. The van der Waals surface area contributed by atoms with Gasteiger partial charge in [-0.1, -0.05) is 20.3 Å². The van der Waals surface area contributed by atoms with E-state index < -0.39 is 0 Å². The van der Waals surface area contributed by atoms with E-state index in [2.05, 4.69) is 19.3 Å². The first-order valence-electron chi connectivity index (χ1n) is 5.90. The van der Waals surface area contributed by atoms with Gasteiger partial charge in [-0.15, -0.1) is 0 Å². The normalized spacial score (nSPS) is 20.3. The Bertz CT molecular complexity index is 200. The molecule has 1 fully saturated rings. The van der Waals surface area contributed by atoms with Gasteiger partial charge in [-0.3, -0.25) is 10.2 Å². The highest BCUT2D eigenvalue weighted by Crippen LogP contribution is 2.07. The van der Waals surface area contributed by atoms with Gasteiger partial charge in [0.15, 0.2) is 0 Å². The molecule has 0 aromatic rings. The van der Waals surface area contributed by atoms with Crippen molar-refractivity contribution < 1.29 is 4.79 Å². The van der Waals surface area contributed by atoms with E-state index in [0.717, 1.165) is 19.5 Å². The first kappa shape index (κ1) is 12.5. The number of hydrazine groups is 1. The van der Waals surface area contributed by atoms with Crippen LogP contribution in [0.25, 0.3) is 0 Å². The average Bonchev–Trinajstić information content (AvgIpc) is 2.18. The number of hydrogen-bond acceptors (Lipinski definition) is 3. The van der Waals surface area contributed by atoms with Crippen LogP contribution in [-0.4, -0.2) is 30.0 Å². The standard InChI is InChI=1S/C11H23N3O/c1-9(2)8-10(12)11(15)13-14-6-4-3-5-7-14/h9-10H,3-8,12H2,1-2H3,(H,13,15)/t10-/m1/s1. The van der Waals surface area contributed by atoms with Crippen molar-refractivity contribution in [2.45, 2.75) is 45.6 Å². The Morgan fingerprint density at radius 3 is 2.47 bits per heavy atom. The van der Waals surface area contributed by atoms with Crippen LogP contribution in [0.2, 0.25) is 0 Å². The van der Waals surface area contributed by atoms with Crippen LogP contribution in [0.3, 0.4) is 0 Å². The first-order valence-corrected chi connectivity index (χ1v) is 5.90. The van der Waals surface area contributed by atoms with Crippen LogP contribution in [-0.2, 0) is 4.79 Å². The topological polar surface area (TPSA) is 58.4 Å². The molecule has 1 heterocycles. The largest absolute Gasteiger partial charge is 0.320 e. The number of nitrogens with one attached hydrogen (secondary N) is 1. The van der Waals surface area contributed by atoms with Crippen molar-refractivity contribution in [3.05, 3.63) is 0 Å². The second-order valence-corrected chi connectivity index (χ2v) is 4.76. The molecular formula is C11H23N3O. The number of carbonyl (C=O) groups excluding carboxylic acids is 1. The van der Waals surface area contributed by atoms with Crippen molar-refractivity contribution in [2.75, 3.05) is 13.1 Å². The lowest BCUT2D eigenvalue weighted by Crippen LogP contribution is -2.51. The summed E-state index contributed by atoms with van der Waals surface area (Å²) in [6.07, 6.45) is 4.35. The summed E-state index contributed by atoms with van der Waals surface area (Å²) in [5.41, 5.74) is 8.69. The van der Waals surface area contributed by atoms with Gasteiger partial charge in [0.1, 0.15) is 0 Å². The third kappa shape index (κ3) is 4.62. The van der Waals surface area contributed by atoms with Crippen LogP contribution in [0, 0.1) is 5.92 Å². The van der Waals surface area contributed by atoms with Gasteiger partial charge in [0.25, 0.3) is 5.91 Å². The maximum atomic E-state index is 11.7. The summed E-state index contributed by atoms with van der Waals surface area (Å²) in [5, 5.41) is 1.99. The molecule has 1 aliphatic heterocycles. The zero-order chi connectivity index (χ0) is 11.3. The highest BCUT2D eigenvalue weighted by molar-refractivity contribution is 5.80. The van der Waals surface area contributed by atoms with Crippen LogP contribution in [0.5, 0.6) is 0 Å². The molecule has 1 amide bonds. The van der Waals surface area contributed by atoms with Crippen molar-refractivity contribution in [1.29, 1.82) is 0 Å². The van der Waals surface area contributed by atoms with Gasteiger partial charge in [0.05, 0.1) is 6.04 Å². The summed E-state index contributed by atoms with van der Waals surface area (Å²) in [6.45, 7) is 6.07. The third-order valence-corrected chi connectivity index (χ3v) is 2.69. The van der Waals surface area contributed by atoms with Crippen LogP contribution in [0.4, 0.5) is 0 Å². The molecule has 3 N–H and O–H groups in total. The number of nitrogens with zero attached hydrogens (tertiary/aromatic N) is 1. The lowest BCUT2D eigenvalue weighted by Gasteiger charge is -2.28. The predicted molar refractivity (Wildman–Crippen MR) is 61.0 cm³/mol. The summed E-state index contributed by atoms with van der Waals surface area (Å²) >= 11 is 0. The number of carbonyl (C=O) groups is 1. The summed E-state index contributed by atoms with van der Waals surface area (Å²) in [5.74, 6) is 0.428. The monoisotopic (exact) mass is 213 g/mol. The van der Waals surface area contributed by atoms with Crippen LogP contribution in [0.15, 0.2) is 0 Å². The molecule has 1 saturated heterocycles. The number of hydrogen-bond donors (Lipinski definition) is 2. The molecular weight excluding hydrogens is 190 g/mol. The second-order valence-electron chi connectivity index (χ2n) is 4.76. The van der Waals surface area contributed by atoms with Crippen molar-refractivity contribution in [3.8, 4) is 0 Å². The Morgan fingerprint density at radius 2 is 1.93 bits per heavy atom. The van der Waals surface area contributed by atoms with E-state index >= 15 is 0 Å². The van der Waals surface area contributed by atoms with Crippen LogP contribution < -0.4 is 11.2 Å². The molecule has 0 aliphatic carbocycles. The Balaban J connectivity index is 2.27. The van der Waals surface area contributed by atoms with Gasteiger partial charge < -0.3 is 5.73 Å². The van der Waals surface area contributed by atoms with Crippen molar-refractivity contribution >= 4 is 5.91 Å². The molecule has 0 saturated carbocycles. The number of piperidine rings is 1. The molecule has 0 aromatic carbocycles. The summed E-state index contributed by atoms with van der Waals surface area (Å²) in [4.78, 5) is 11.7. The molecule has 0 unspecified atom stereocenters. The molecule has 1 rings (SSSR count). The highest BCUT2D eigenvalue weighted by Gasteiger charge is 2.18. The maximum Gasteiger partial charge on any atom is 0.251 e. The Morgan fingerprint density at radius 1 is 1.33 bits per heavy atom. The van der Waals surface area contributed by atoms with Gasteiger partial charge in [-0.25, -0.2) is 5.01 Å². The van der Waals surface area contributed by atoms with Crippen molar-refractivity contribution in [3.63, 3.8) is 0 Å². The summed E-state index contributed by atoms with van der Waals surface area (Å²) in [7, 11) is 0. The first-order chi connectivity index (χ1) is 7.09. The van der Waals surface area contributed by atoms with Gasteiger partial charge in [-0.2, -0.15) is 0 Å². The SMILES string of the molecule is CC(C)C[C@@H](N)C(=O)NN1CCCCC1. The van der Waals surface area contributed by atoms with E-state index in [1.807, 2.05) is 5.01 Å². The molecule has 0 radical (unpaired) electrons. The zero-order valence-electron chi connectivity index (χ0n) is 9.83. The smallest absolute Gasteiger partial charge is 0.251 e. The van der Waals surface area contributed by atoms with E-state index in [-0.39, 0.29) is 11.9 Å². The van der Waals surface area contributed by atoms with Gasteiger partial charge >= 0.3 is 0 Å². The quantitative estimate of drug-likeness (QED) is 0.728. The molecule has 4 nitrogen and oxygen atoms in total. The Kier molecular flexibility index (Phi) is 5.05. The van der Waals surface area contributed by atoms with E-state index in [9.17, 15) is 4.79 Å². The fraction of sp³-hybridized carbons (Fsp3) is 0.909. The molecule has 15 heavy (non-hydrogen) atoms. The number of rotatable bonds is 4. The number of nitrogens with two attached hydrogens (primary N) is 1. The lowest BCUT2D eigenvalue weighted by atomic mass is 10.0. The Labute approximate surface area is 92.2 Å². The number of amides is 1. The molecule has 88 valence electrons. The Hall–Kier alpha value is -0.610. The zero-order valence-corrected chi connectivity index (χ0v) is 9.83. The van der Waals surface area contributed by atoms with Crippen LogP contribution in [0.1, 0.15) is 39.5 Å². The highest BCUT2D eigenvalue weighted by atomic mass is 16.2. The average molecular weight is 213 g/mol. The van der Waals surface area contributed by atoms with E-state index in [1.165, 1.54) is 19.3 Å². The van der Waals surface area contributed by atoms with Crippen molar-refractivity contribution in [2.24, 2.45) is 11.7 Å².